The molecule has 0 bridgehead atoms. The first-order chi connectivity index (χ1) is 19.5. The SMILES string of the molecule is C=CCn1c(=O)c2cnc(Nc3ccc(N4C[C@@H](C)N[C@H](C)C4)cc3)nc2n1-c1cccc(-c2ncccn2)n1. The van der Waals surface area contributed by atoms with Gasteiger partial charge in [-0.3, -0.25) is 4.79 Å². The van der Waals surface area contributed by atoms with Crippen LogP contribution in [-0.4, -0.2) is 59.5 Å². The van der Waals surface area contributed by atoms with Gasteiger partial charge in [-0.25, -0.2) is 29.3 Å². The Labute approximate surface area is 231 Å². The minimum absolute atomic E-state index is 0.228. The molecule has 4 aromatic heterocycles. The molecule has 6 rings (SSSR count). The lowest BCUT2D eigenvalue weighted by Crippen LogP contribution is -2.54. The maximum atomic E-state index is 13.3. The van der Waals surface area contributed by atoms with Crippen molar-refractivity contribution < 1.29 is 0 Å². The molecule has 5 aromatic rings. The fraction of sp³-hybridized carbons (Fsp3) is 0.241. The van der Waals surface area contributed by atoms with Gasteiger partial charge < -0.3 is 15.5 Å². The molecule has 1 aliphatic heterocycles. The maximum absolute atomic E-state index is 13.3. The number of nitrogens with zero attached hydrogens (tertiary/aromatic N) is 8. The summed E-state index contributed by atoms with van der Waals surface area (Å²) in [5, 5.41) is 7.23. The topological polar surface area (TPSA) is 119 Å². The number of aromatic nitrogens is 7. The fourth-order valence-corrected chi connectivity index (χ4v) is 5.13. The Balaban J connectivity index is 1.35. The van der Waals surface area contributed by atoms with E-state index in [0.29, 0.717) is 46.4 Å². The van der Waals surface area contributed by atoms with Gasteiger partial charge in [-0.2, -0.15) is 4.98 Å². The second kappa shape index (κ2) is 10.7. The third kappa shape index (κ3) is 4.94. The predicted molar refractivity (Wildman–Crippen MR) is 156 cm³/mol. The molecule has 1 aliphatic rings. The Kier molecular flexibility index (Phi) is 6.79. The van der Waals surface area contributed by atoms with Crippen LogP contribution in [0.15, 0.2) is 84.6 Å². The first-order valence-corrected chi connectivity index (χ1v) is 13.2. The fourth-order valence-electron chi connectivity index (χ4n) is 5.13. The predicted octanol–water partition coefficient (Wildman–Crippen LogP) is 3.55. The summed E-state index contributed by atoms with van der Waals surface area (Å²) in [5.41, 5.74) is 2.81. The molecule has 0 unspecified atom stereocenters. The highest BCUT2D eigenvalue weighted by molar-refractivity contribution is 5.77. The first-order valence-electron chi connectivity index (χ1n) is 13.2. The molecule has 1 fully saturated rings. The van der Waals surface area contributed by atoms with E-state index in [1.807, 2.05) is 30.3 Å². The average molecular weight is 535 g/mol. The van der Waals surface area contributed by atoms with E-state index in [0.717, 1.165) is 18.8 Å². The molecule has 0 saturated carbocycles. The number of piperazine rings is 1. The Bertz CT molecular complexity index is 1700. The molecule has 11 nitrogen and oxygen atoms in total. The summed E-state index contributed by atoms with van der Waals surface area (Å²) in [7, 11) is 0. The molecule has 0 amide bonds. The Morgan fingerprint density at radius 2 is 1.75 bits per heavy atom. The van der Waals surface area contributed by atoms with Gasteiger partial charge in [0.2, 0.25) is 5.95 Å². The summed E-state index contributed by atoms with van der Waals surface area (Å²) in [5.74, 6) is 1.37. The summed E-state index contributed by atoms with van der Waals surface area (Å²) in [6, 6.07) is 16.3. The molecule has 2 atom stereocenters. The lowest BCUT2D eigenvalue weighted by Gasteiger charge is -2.37. The first kappa shape index (κ1) is 25.4. The molecule has 0 radical (unpaired) electrons. The van der Waals surface area contributed by atoms with Crippen molar-refractivity contribution in [3.63, 3.8) is 0 Å². The van der Waals surface area contributed by atoms with Crippen LogP contribution < -0.4 is 21.1 Å². The van der Waals surface area contributed by atoms with Gasteiger partial charge in [-0.05, 0) is 56.3 Å². The van der Waals surface area contributed by atoms with Crippen LogP contribution in [0.1, 0.15) is 13.8 Å². The lowest BCUT2D eigenvalue weighted by molar-refractivity contribution is 0.407. The van der Waals surface area contributed by atoms with E-state index < -0.39 is 0 Å². The zero-order valence-electron chi connectivity index (χ0n) is 22.4. The van der Waals surface area contributed by atoms with E-state index in [1.54, 1.807) is 40.1 Å². The molecular weight excluding hydrogens is 504 g/mol. The molecule has 1 aromatic carbocycles. The zero-order valence-corrected chi connectivity index (χ0v) is 22.4. The molecule has 2 N–H and O–H groups in total. The minimum atomic E-state index is -0.228. The normalized spacial score (nSPS) is 17.2. The molecule has 0 aliphatic carbocycles. The van der Waals surface area contributed by atoms with Gasteiger partial charge in [0.1, 0.15) is 11.1 Å². The maximum Gasteiger partial charge on any atom is 0.278 e. The van der Waals surface area contributed by atoms with Crippen LogP contribution in [0.3, 0.4) is 0 Å². The third-order valence-corrected chi connectivity index (χ3v) is 6.77. The minimum Gasteiger partial charge on any atom is -0.368 e. The van der Waals surface area contributed by atoms with Crippen LogP contribution >= 0.6 is 0 Å². The molecule has 202 valence electrons. The number of hydrogen-bond acceptors (Lipinski definition) is 9. The summed E-state index contributed by atoms with van der Waals surface area (Å²) in [6.07, 6.45) is 6.54. The molecule has 11 heteroatoms. The quantitative estimate of drug-likeness (QED) is 0.302. The van der Waals surface area contributed by atoms with E-state index in [9.17, 15) is 4.79 Å². The van der Waals surface area contributed by atoms with Crippen molar-refractivity contribution in [1.29, 1.82) is 0 Å². The van der Waals surface area contributed by atoms with Gasteiger partial charge in [-0.15, -0.1) is 6.58 Å². The van der Waals surface area contributed by atoms with Gasteiger partial charge in [-0.1, -0.05) is 12.1 Å². The number of nitrogens with one attached hydrogen (secondary N) is 2. The molecular formula is C29H30N10O. The zero-order chi connectivity index (χ0) is 27.6. The summed E-state index contributed by atoms with van der Waals surface area (Å²) in [4.78, 5) is 38.2. The monoisotopic (exact) mass is 534 g/mol. The van der Waals surface area contributed by atoms with E-state index in [2.05, 4.69) is 63.0 Å². The van der Waals surface area contributed by atoms with Crippen molar-refractivity contribution in [2.45, 2.75) is 32.5 Å². The Morgan fingerprint density at radius 1 is 1.00 bits per heavy atom. The van der Waals surface area contributed by atoms with Crippen molar-refractivity contribution in [1.82, 2.24) is 39.6 Å². The summed E-state index contributed by atoms with van der Waals surface area (Å²) in [6.45, 7) is 10.4. The Morgan fingerprint density at radius 3 is 2.48 bits per heavy atom. The van der Waals surface area contributed by atoms with E-state index in [4.69, 9.17) is 9.97 Å². The van der Waals surface area contributed by atoms with E-state index >= 15 is 0 Å². The summed E-state index contributed by atoms with van der Waals surface area (Å²) >= 11 is 0. The van der Waals surface area contributed by atoms with Crippen LogP contribution in [0.2, 0.25) is 0 Å². The number of benzene rings is 1. The lowest BCUT2D eigenvalue weighted by atomic mass is 10.1. The summed E-state index contributed by atoms with van der Waals surface area (Å²) < 4.78 is 3.23. The molecule has 40 heavy (non-hydrogen) atoms. The van der Waals surface area contributed by atoms with E-state index in [1.165, 1.54) is 5.69 Å². The highest BCUT2D eigenvalue weighted by Gasteiger charge is 2.21. The number of pyridine rings is 1. The van der Waals surface area contributed by atoms with Crippen molar-refractivity contribution >= 4 is 28.4 Å². The van der Waals surface area contributed by atoms with Crippen molar-refractivity contribution in [3.8, 4) is 17.3 Å². The highest BCUT2D eigenvalue weighted by atomic mass is 16.1. The number of hydrogen-bond donors (Lipinski definition) is 2. The van der Waals surface area contributed by atoms with E-state index in [-0.39, 0.29) is 12.1 Å². The van der Waals surface area contributed by atoms with Crippen molar-refractivity contribution in [2.24, 2.45) is 0 Å². The number of rotatable bonds is 7. The van der Waals surface area contributed by atoms with Crippen molar-refractivity contribution in [2.75, 3.05) is 23.3 Å². The smallest absolute Gasteiger partial charge is 0.278 e. The van der Waals surface area contributed by atoms with Crippen LogP contribution in [-0.2, 0) is 6.54 Å². The Hall–Kier alpha value is -4.90. The van der Waals surface area contributed by atoms with Gasteiger partial charge in [0, 0.05) is 55.1 Å². The number of fused-ring (bicyclic) bond motifs is 1. The molecule has 0 spiro atoms. The third-order valence-electron chi connectivity index (χ3n) is 6.77. The number of anilines is 3. The van der Waals surface area contributed by atoms with Crippen LogP contribution in [0.4, 0.5) is 17.3 Å². The molecule has 1 saturated heterocycles. The van der Waals surface area contributed by atoms with Gasteiger partial charge >= 0.3 is 0 Å². The second-order valence-corrected chi connectivity index (χ2v) is 9.92. The van der Waals surface area contributed by atoms with Crippen LogP contribution in [0, 0.1) is 0 Å². The van der Waals surface area contributed by atoms with Gasteiger partial charge in [0.05, 0.1) is 6.54 Å². The molecule has 5 heterocycles. The second-order valence-electron chi connectivity index (χ2n) is 9.92. The standard InChI is InChI=1S/C29H30N10O/c1-4-15-38-28(40)23-16-32-29(34-21-9-11-22(12-10-21)37-17-19(2)33-20(3)18-37)36-27(23)39(38)25-8-5-7-24(35-25)26-30-13-6-14-31-26/h4-14,16,19-20,33H,1,15,17-18H2,2-3H3,(H,32,34,36)/t19-,20-/m1/s1. The number of allylic oxidation sites excluding steroid dienone is 1. The largest absolute Gasteiger partial charge is 0.368 e. The van der Waals surface area contributed by atoms with Gasteiger partial charge in [0.15, 0.2) is 17.3 Å². The van der Waals surface area contributed by atoms with Crippen LogP contribution in [0.5, 0.6) is 0 Å². The van der Waals surface area contributed by atoms with Gasteiger partial charge in [0.25, 0.3) is 5.56 Å². The highest BCUT2D eigenvalue weighted by Crippen LogP contribution is 2.23. The average Bonchev–Trinajstić information content (AvgIpc) is 3.24. The van der Waals surface area contributed by atoms with Crippen LogP contribution in [0.25, 0.3) is 28.4 Å². The van der Waals surface area contributed by atoms with Crippen molar-refractivity contribution in [3.05, 3.63) is 90.1 Å².